The van der Waals surface area contributed by atoms with Gasteiger partial charge in [-0.3, -0.25) is 5.10 Å². The van der Waals surface area contributed by atoms with E-state index in [1.807, 2.05) is 12.1 Å². The Balaban J connectivity index is 1.66. The maximum Gasteiger partial charge on any atom is 0.261 e. The van der Waals surface area contributed by atoms with E-state index in [1.165, 1.54) is 6.20 Å². The minimum Gasteiger partial charge on any atom is -0.404 e. The van der Waals surface area contributed by atoms with Crippen molar-refractivity contribution >= 4 is 11.8 Å². The number of hydrogen-bond donors (Lipinski definition) is 3. The number of aliphatic imine (C=N–C) groups is 1. The Morgan fingerprint density at radius 1 is 1.34 bits per heavy atom. The van der Waals surface area contributed by atoms with Gasteiger partial charge in [-0.2, -0.15) is 10.1 Å². The van der Waals surface area contributed by atoms with Gasteiger partial charge in [0.15, 0.2) is 5.82 Å². The summed E-state index contributed by atoms with van der Waals surface area (Å²) in [5.74, 6) is 1.84. The Bertz CT molecular complexity index is 1060. The van der Waals surface area contributed by atoms with Crippen LogP contribution in [-0.2, 0) is 5.41 Å². The number of nitrogens with two attached hydrogens (primary N) is 2. The van der Waals surface area contributed by atoms with Crippen LogP contribution in [0.5, 0.6) is 0 Å². The van der Waals surface area contributed by atoms with E-state index in [0.717, 1.165) is 35.1 Å². The molecule has 8 nitrogen and oxygen atoms in total. The van der Waals surface area contributed by atoms with E-state index in [2.05, 4.69) is 51.0 Å². The van der Waals surface area contributed by atoms with Gasteiger partial charge >= 0.3 is 0 Å². The van der Waals surface area contributed by atoms with Crippen molar-refractivity contribution in [2.75, 3.05) is 0 Å². The van der Waals surface area contributed by atoms with Crippen LogP contribution in [0.25, 0.3) is 17.0 Å². The second kappa shape index (κ2) is 7.38. The van der Waals surface area contributed by atoms with Gasteiger partial charge in [-0.1, -0.05) is 36.0 Å². The number of benzene rings is 1. The van der Waals surface area contributed by atoms with Crippen LogP contribution in [0.1, 0.15) is 36.7 Å². The summed E-state index contributed by atoms with van der Waals surface area (Å²) in [6.07, 6.45) is 8.77. The summed E-state index contributed by atoms with van der Waals surface area (Å²) < 4.78 is 5.50. The van der Waals surface area contributed by atoms with Gasteiger partial charge in [0.1, 0.15) is 5.82 Å². The van der Waals surface area contributed by atoms with E-state index in [9.17, 15) is 0 Å². The van der Waals surface area contributed by atoms with Crippen molar-refractivity contribution in [3.8, 4) is 11.5 Å². The van der Waals surface area contributed by atoms with E-state index < -0.39 is 0 Å². The molecule has 0 aliphatic heterocycles. The van der Waals surface area contributed by atoms with Crippen molar-refractivity contribution in [1.82, 2.24) is 20.3 Å². The summed E-state index contributed by atoms with van der Waals surface area (Å²) in [5, 5.41) is 11.0. The summed E-state index contributed by atoms with van der Waals surface area (Å²) in [5.41, 5.74) is 14.5. The number of hydrogen-bond acceptors (Lipinski definition) is 7. The zero-order valence-corrected chi connectivity index (χ0v) is 16.2. The van der Waals surface area contributed by atoms with Crippen molar-refractivity contribution in [1.29, 1.82) is 0 Å². The first kappa shape index (κ1) is 18.7. The lowest BCUT2D eigenvalue weighted by Gasteiger charge is -2.27. The van der Waals surface area contributed by atoms with Crippen molar-refractivity contribution in [2.45, 2.75) is 25.2 Å². The molecule has 1 atom stereocenters. The van der Waals surface area contributed by atoms with Gasteiger partial charge in [0.2, 0.25) is 0 Å². The Morgan fingerprint density at radius 3 is 2.69 bits per heavy atom. The highest BCUT2D eigenvalue weighted by Gasteiger charge is 2.47. The molecule has 3 aromatic rings. The number of nitrogens with one attached hydrogen (secondary N) is 1. The lowest BCUT2D eigenvalue weighted by Crippen LogP contribution is -2.28. The maximum atomic E-state index is 5.75. The zero-order valence-electron chi connectivity index (χ0n) is 16.2. The average Bonchev–Trinajstić information content (AvgIpc) is 3.22. The summed E-state index contributed by atoms with van der Waals surface area (Å²) in [6, 6.07) is 8.18. The molecule has 1 aliphatic carbocycles. The Kier molecular flexibility index (Phi) is 4.75. The number of H-pyrrole nitrogens is 1. The smallest absolute Gasteiger partial charge is 0.261 e. The molecule has 0 spiro atoms. The number of aromatic amines is 1. The first-order valence-corrected chi connectivity index (χ1v) is 9.37. The fourth-order valence-electron chi connectivity index (χ4n) is 3.50. The van der Waals surface area contributed by atoms with Gasteiger partial charge in [0, 0.05) is 24.2 Å². The number of rotatable bonds is 7. The third kappa shape index (κ3) is 3.56. The third-order valence-electron chi connectivity index (χ3n) is 5.40. The Hall–Kier alpha value is -3.68. The van der Waals surface area contributed by atoms with Crippen LogP contribution in [0.4, 0.5) is 0 Å². The first-order chi connectivity index (χ1) is 14.0. The van der Waals surface area contributed by atoms with Gasteiger partial charge in [-0.15, -0.1) is 0 Å². The molecule has 0 amide bonds. The highest BCUT2D eigenvalue weighted by atomic mass is 16.5. The average molecular weight is 389 g/mol. The summed E-state index contributed by atoms with van der Waals surface area (Å²) in [4.78, 5) is 8.70. The van der Waals surface area contributed by atoms with Gasteiger partial charge in [-0.25, -0.2) is 4.99 Å². The molecule has 2 aromatic heterocycles. The topological polar surface area (TPSA) is 132 Å². The van der Waals surface area contributed by atoms with Gasteiger partial charge in [0.25, 0.3) is 5.89 Å². The van der Waals surface area contributed by atoms with Gasteiger partial charge in [0.05, 0.1) is 17.2 Å². The highest BCUT2D eigenvalue weighted by Crippen LogP contribution is 2.50. The van der Waals surface area contributed by atoms with E-state index >= 15 is 0 Å². The molecule has 2 heterocycles. The summed E-state index contributed by atoms with van der Waals surface area (Å²) in [6.45, 7) is 5.73. The van der Waals surface area contributed by atoms with Crippen molar-refractivity contribution in [3.05, 3.63) is 72.2 Å². The molecule has 0 unspecified atom stereocenters. The first-order valence-electron chi connectivity index (χ1n) is 9.37. The predicted molar refractivity (Wildman–Crippen MR) is 111 cm³/mol. The third-order valence-corrected chi connectivity index (χ3v) is 5.40. The molecule has 4 rings (SSSR count). The molecule has 148 valence electrons. The maximum absolute atomic E-state index is 5.75. The van der Waals surface area contributed by atoms with E-state index in [-0.39, 0.29) is 11.2 Å². The molecule has 1 fully saturated rings. The van der Waals surface area contributed by atoms with Crippen LogP contribution in [-0.4, -0.2) is 26.6 Å². The highest BCUT2D eigenvalue weighted by molar-refractivity contribution is 6.09. The molecule has 1 aliphatic rings. The fourth-order valence-corrected chi connectivity index (χ4v) is 3.50. The van der Waals surface area contributed by atoms with E-state index in [0.29, 0.717) is 17.6 Å². The van der Waals surface area contributed by atoms with Crippen LogP contribution in [0, 0.1) is 5.92 Å². The van der Waals surface area contributed by atoms with Crippen LogP contribution in [0.3, 0.4) is 0 Å². The SMILES string of the molecule is C=C(N)N=C/C(=C\N)c1ccc([C@](C)(c2noc(-c3cn[nH]c3)n2)C2CC2)cc1. The molecule has 0 radical (unpaired) electrons. The lowest BCUT2D eigenvalue weighted by molar-refractivity contribution is 0.386. The molecule has 0 bridgehead atoms. The number of nitrogens with zero attached hydrogens (tertiary/aromatic N) is 4. The largest absolute Gasteiger partial charge is 0.404 e. The van der Waals surface area contributed by atoms with E-state index in [4.69, 9.17) is 16.0 Å². The van der Waals surface area contributed by atoms with Crippen molar-refractivity contribution in [2.24, 2.45) is 22.4 Å². The molecular weight excluding hydrogens is 366 g/mol. The van der Waals surface area contributed by atoms with E-state index in [1.54, 1.807) is 18.6 Å². The fraction of sp³-hybridized carbons (Fsp3) is 0.238. The number of aromatic nitrogens is 4. The minimum absolute atomic E-state index is 0.229. The van der Waals surface area contributed by atoms with Gasteiger partial charge < -0.3 is 16.0 Å². The predicted octanol–water partition coefficient (Wildman–Crippen LogP) is 2.98. The molecule has 8 heteroatoms. The molecule has 0 saturated heterocycles. The molecule has 29 heavy (non-hydrogen) atoms. The molecule has 1 saturated carbocycles. The van der Waals surface area contributed by atoms with Crippen molar-refractivity contribution in [3.63, 3.8) is 0 Å². The second-order valence-electron chi connectivity index (χ2n) is 7.34. The van der Waals surface area contributed by atoms with Gasteiger partial charge in [-0.05, 0) is 36.8 Å². The van der Waals surface area contributed by atoms with Crippen LogP contribution in [0.2, 0.25) is 0 Å². The number of allylic oxidation sites excluding steroid dienone is 1. The Morgan fingerprint density at radius 2 is 2.10 bits per heavy atom. The molecular formula is C21H23N7O. The summed E-state index contributed by atoms with van der Waals surface area (Å²) >= 11 is 0. The standard InChI is InChI=1S/C21H23N7O/c1-13(23)24-10-15(9-22)14-3-5-17(6-4-14)21(2,18-7-8-18)20-27-19(29-28-20)16-11-25-26-12-16/h3-6,9-12,18H,1,7-8,22-23H2,2H3,(H,25,26)/b15-9+,24-10?/t21-/m0/s1. The quantitative estimate of drug-likeness (QED) is 0.532. The Labute approximate surface area is 168 Å². The second-order valence-corrected chi connectivity index (χ2v) is 7.34. The monoisotopic (exact) mass is 389 g/mol. The lowest BCUT2D eigenvalue weighted by atomic mass is 9.76. The zero-order chi connectivity index (χ0) is 20.4. The normalized spacial score (nSPS) is 16.8. The van der Waals surface area contributed by atoms with Crippen LogP contribution < -0.4 is 11.5 Å². The summed E-state index contributed by atoms with van der Waals surface area (Å²) in [7, 11) is 0. The molecule has 1 aromatic carbocycles. The molecule has 5 N–H and O–H groups in total. The minimum atomic E-state index is -0.337. The van der Waals surface area contributed by atoms with Crippen molar-refractivity contribution < 1.29 is 4.52 Å². The van der Waals surface area contributed by atoms with Crippen LogP contribution >= 0.6 is 0 Å². The van der Waals surface area contributed by atoms with Crippen LogP contribution in [0.15, 0.2) is 64.8 Å².